The lowest BCUT2D eigenvalue weighted by molar-refractivity contribution is -0.152. The standard InChI is InChI=1S/C29H43NO5/c1-20-6-10-25-28(2,14-12-26(33)29(25,3)19-31)23(20)13-17-35-22-9-7-21(24(32)18-22)8-11-27(34)30-15-4-5-16-30/h7,9,18,23,25-26,31-33H,1,4-6,8,10-17,19H2,2-3H3. The minimum absolute atomic E-state index is 0.000622. The van der Waals surface area contributed by atoms with Crippen molar-refractivity contribution in [1.82, 2.24) is 4.90 Å². The maximum atomic E-state index is 12.3. The van der Waals surface area contributed by atoms with Crippen LogP contribution in [0.2, 0.25) is 0 Å². The van der Waals surface area contributed by atoms with E-state index in [4.69, 9.17) is 4.74 Å². The Labute approximate surface area is 210 Å². The zero-order valence-corrected chi connectivity index (χ0v) is 21.5. The third-order valence-corrected chi connectivity index (χ3v) is 9.49. The molecule has 4 rings (SSSR count). The Hall–Kier alpha value is -2.05. The molecule has 0 radical (unpaired) electrons. The van der Waals surface area contributed by atoms with E-state index >= 15 is 0 Å². The van der Waals surface area contributed by atoms with Gasteiger partial charge in [0, 0.05) is 31.0 Å². The van der Waals surface area contributed by atoms with Gasteiger partial charge in [0.1, 0.15) is 11.5 Å². The summed E-state index contributed by atoms with van der Waals surface area (Å²) in [5, 5.41) is 31.3. The van der Waals surface area contributed by atoms with Gasteiger partial charge < -0.3 is 25.0 Å². The van der Waals surface area contributed by atoms with E-state index in [2.05, 4.69) is 13.5 Å². The van der Waals surface area contributed by atoms with Crippen LogP contribution >= 0.6 is 0 Å². The first-order chi connectivity index (χ1) is 16.7. The minimum atomic E-state index is -0.482. The summed E-state index contributed by atoms with van der Waals surface area (Å²) in [5.41, 5.74) is 1.50. The molecule has 2 aliphatic carbocycles. The van der Waals surface area contributed by atoms with E-state index in [1.165, 1.54) is 5.57 Å². The lowest BCUT2D eigenvalue weighted by Crippen LogP contribution is -2.57. The van der Waals surface area contributed by atoms with Crippen LogP contribution in [0.4, 0.5) is 0 Å². The number of rotatable bonds is 8. The maximum Gasteiger partial charge on any atom is 0.222 e. The van der Waals surface area contributed by atoms with Gasteiger partial charge >= 0.3 is 0 Å². The van der Waals surface area contributed by atoms with Crippen LogP contribution in [0.1, 0.15) is 70.8 Å². The SMILES string of the molecule is C=C1CCC2C(C)(CO)C(O)CCC2(C)C1CCOc1ccc(CCC(=O)N2CCCC2)c(O)c1. The van der Waals surface area contributed by atoms with Crippen molar-refractivity contribution in [2.45, 2.75) is 77.7 Å². The zero-order valence-electron chi connectivity index (χ0n) is 21.5. The van der Waals surface area contributed by atoms with Crippen LogP contribution in [-0.2, 0) is 11.2 Å². The van der Waals surface area contributed by atoms with Gasteiger partial charge in [-0.1, -0.05) is 32.1 Å². The molecule has 1 aliphatic heterocycles. The topological polar surface area (TPSA) is 90.2 Å². The van der Waals surface area contributed by atoms with E-state index in [1.54, 1.807) is 6.07 Å². The summed E-state index contributed by atoms with van der Waals surface area (Å²) in [6.45, 7) is 10.9. The van der Waals surface area contributed by atoms with Gasteiger partial charge in [0.05, 0.1) is 19.3 Å². The molecule has 194 valence electrons. The molecule has 3 N–H and O–H groups in total. The molecule has 0 aromatic heterocycles. The predicted octanol–water partition coefficient (Wildman–Crippen LogP) is 4.46. The molecule has 3 aliphatic rings. The molecule has 5 atom stereocenters. The Morgan fingerprint density at radius 3 is 2.66 bits per heavy atom. The van der Waals surface area contributed by atoms with Crippen molar-refractivity contribution in [1.29, 1.82) is 0 Å². The van der Waals surface area contributed by atoms with Gasteiger partial charge in [-0.2, -0.15) is 0 Å². The molecule has 2 saturated carbocycles. The smallest absolute Gasteiger partial charge is 0.222 e. The zero-order chi connectivity index (χ0) is 25.2. The van der Waals surface area contributed by atoms with Crippen LogP contribution in [0.25, 0.3) is 0 Å². The molecule has 1 heterocycles. The number of allylic oxidation sites excluding steroid dienone is 1. The van der Waals surface area contributed by atoms with Crippen molar-refractivity contribution < 1.29 is 24.9 Å². The number of likely N-dealkylation sites (tertiary alicyclic amines) is 1. The summed E-state index contributed by atoms with van der Waals surface area (Å²) in [7, 11) is 0. The van der Waals surface area contributed by atoms with Crippen molar-refractivity contribution in [2.75, 3.05) is 26.3 Å². The second-order valence-corrected chi connectivity index (χ2v) is 11.5. The molecule has 6 nitrogen and oxygen atoms in total. The van der Waals surface area contributed by atoms with Gasteiger partial charge in [0.25, 0.3) is 0 Å². The molecule has 0 bridgehead atoms. The van der Waals surface area contributed by atoms with Gasteiger partial charge in [-0.15, -0.1) is 0 Å². The van der Waals surface area contributed by atoms with Crippen molar-refractivity contribution in [3.8, 4) is 11.5 Å². The molecule has 6 heteroatoms. The van der Waals surface area contributed by atoms with Crippen LogP contribution in [0.5, 0.6) is 11.5 Å². The van der Waals surface area contributed by atoms with E-state index in [0.29, 0.717) is 31.6 Å². The Kier molecular flexibility index (Phi) is 7.82. The average molecular weight is 486 g/mol. The fourth-order valence-electron chi connectivity index (χ4n) is 7.24. The molecular weight excluding hydrogens is 442 g/mol. The number of phenols is 1. The lowest BCUT2D eigenvalue weighted by atomic mass is 9.46. The number of carbonyl (C=O) groups is 1. The molecule has 1 amide bonds. The molecule has 0 spiro atoms. The van der Waals surface area contributed by atoms with Gasteiger partial charge in [0.2, 0.25) is 5.91 Å². The Bertz CT molecular complexity index is 926. The number of aromatic hydroxyl groups is 1. The van der Waals surface area contributed by atoms with E-state index in [9.17, 15) is 20.1 Å². The molecule has 1 aromatic rings. The Morgan fingerprint density at radius 2 is 1.97 bits per heavy atom. The van der Waals surface area contributed by atoms with Crippen LogP contribution < -0.4 is 4.74 Å². The fourth-order valence-corrected chi connectivity index (χ4v) is 7.24. The second-order valence-electron chi connectivity index (χ2n) is 11.5. The van der Waals surface area contributed by atoms with Crippen molar-refractivity contribution in [2.24, 2.45) is 22.7 Å². The molecule has 1 saturated heterocycles. The highest BCUT2D eigenvalue weighted by Crippen LogP contribution is 2.61. The molecule has 3 fully saturated rings. The third-order valence-electron chi connectivity index (χ3n) is 9.49. The number of aryl methyl sites for hydroxylation is 1. The highest BCUT2D eigenvalue weighted by atomic mass is 16.5. The minimum Gasteiger partial charge on any atom is -0.508 e. The summed E-state index contributed by atoms with van der Waals surface area (Å²) in [6.07, 6.45) is 6.94. The van der Waals surface area contributed by atoms with E-state index in [1.807, 2.05) is 24.0 Å². The van der Waals surface area contributed by atoms with Crippen molar-refractivity contribution >= 4 is 5.91 Å². The molecule has 5 unspecified atom stereocenters. The number of amides is 1. The number of benzene rings is 1. The van der Waals surface area contributed by atoms with E-state index < -0.39 is 11.5 Å². The quantitative estimate of drug-likeness (QED) is 0.473. The van der Waals surface area contributed by atoms with Crippen LogP contribution in [0, 0.1) is 22.7 Å². The first-order valence-electron chi connectivity index (χ1n) is 13.4. The Morgan fingerprint density at radius 1 is 1.23 bits per heavy atom. The number of hydrogen-bond acceptors (Lipinski definition) is 5. The van der Waals surface area contributed by atoms with Gasteiger partial charge in [0.15, 0.2) is 0 Å². The highest BCUT2D eigenvalue weighted by molar-refractivity contribution is 5.76. The number of fused-ring (bicyclic) bond motifs is 1. The second kappa shape index (κ2) is 10.5. The first-order valence-corrected chi connectivity index (χ1v) is 13.4. The number of ether oxygens (including phenoxy) is 1. The number of hydrogen-bond donors (Lipinski definition) is 3. The summed E-state index contributed by atoms with van der Waals surface area (Å²) >= 11 is 0. The number of aliphatic hydroxyl groups excluding tert-OH is 2. The number of aliphatic hydroxyl groups is 2. The molecular formula is C29H43NO5. The largest absolute Gasteiger partial charge is 0.508 e. The summed E-state index contributed by atoms with van der Waals surface area (Å²) < 4.78 is 6.05. The number of phenolic OH excluding ortho intramolecular Hbond substituents is 1. The first kappa shape index (κ1) is 26.0. The molecule has 1 aromatic carbocycles. The normalized spacial score (nSPS) is 33.0. The van der Waals surface area contributed by atoms with E-state index in [-0.39, 0.29) is 35.5 Å². The lowest BCUT2D eigenvalue weighted by Gasteiger charge is -2.60. The fraction of sp³-hybridized carbons (Fsp3) is 0.690. The van der Waals surface area contributed by atoms with E-state index in [0.717, 1.165) is 57.2 Å². The summed E-state index contributed by atoms with van der Waals surface area (Å²) in [4.78, 5) is 14.2. The summed E-state index contributed by atoms with van der Waals surface area (Å²) in [6, 6.07) is 5.37. The Balaban J connectivity index is 1.34. The summed E-state index contributed by atoms with van der Waals surface area (Å²) in [5.74, 6) is 1.47. The van der Waals surface area contributed by atoms with Gasteiger partial charge in [-0.3, -0.25) is 4.79 Å². The van der Waals surface area contributed by atoms with Crippen LogP contribution in [0.15, 0.2) is 30.4 Å². The third kappa shape index (κ3) is 5.10. The highest BCUT2D eigenvalue weighted by Gasteiger charge is 2.57. The monoisotopic (exact) mass is 485 g/mol. The van der Waals surface area contributed by atoms with Gasteiger partial charge in [-0.25, -0.2) is 0 Å². The van der Waals surface area contributed by atoms with Gasteiger partial charge in [-0.05, 0) is 80.2 Å². The number of carbonyl (C=O) groups excluding carboxylic acids is 1. The van der Waals surface area contributed by atoms with Crippen molar-refractivity contribution in [3.05, 3.63) is 35.9 Å². The number of nitrogens with zero attached hydrogens (tertiary/aromatic N) is 1. The maximum absolute atomic E-state index is 12.3. The average Bonchev–Trinajstić information content (AvgIpc) is 3.38. The van der Waals surface area contributed by atoms with Crippen LogP contribution in [0.3, 0.4) is 0 Å². The van der Waals surface area contributed by atoms with Crippen molar-refractivity contribution in [3.63, 3.8) is 0 Å². The molecule has 35 heavy (non-hydrogen) atoms. The van der Waals surface area contributed by atoms with Crippen LogP contribution in [-0.4, -0.2) is 58.5 Å². The predicted molar refractivity (Wildman–Crippen MR) is 136 cm³/mol.